The van der Waals surface area contributed by atoms with Gasteiger partial charge in [-0.1, -0.05) is 17.7 Å². The molecule has 1 aromatic rings. The Morgan fingerprint density at radius 3 is 2.58 bits per heavy atom. The number of likely N-dealkylation sites (tertiary alicyclic amines) is 1. The molecule has 3 aliphatic rings. The van der Waals surface area contributed by atoms with Crippen molar-refractivity contribution in [1.82, 2.24) is 4.90 Å². The molecule has 1 aromatic carbocycles. The third kappa shape index (κ3) is 5.51. The number of ether oxygens (including phenoxy) is 2. The lowest BCUT2D eigenvalue weighted by atomic mass is 9.89. The van der Waals surface area contributed by atoms with Crippen molar-refractivity contribution in [3.8, 4) is 0 Å². The fourth-order valence-corrected chi connectivity index (χ4v) is 5.35. The molecule has 4 rings (SSSR count). The molecule has 2 aliphatic carbocycles. The van der Waals surface area contributed by atoms with Crippen LogP contribution in [0.2, 0.25) is 5.02 Å². The Labute approximate surface area is 200 Å². The second-order valence-electron chi connectivity index (χ2n) is 9.71. The molecule has 0 aromatic heterocycles. The number of aliphatic carboxylic acids is 1. The van der Waals surface area contributed by atoms with Crippen molar-refractivity contribution in [3.05, 3.63) is 57.4 Å². The number of benzene rings is 1. The summed E-state index contributed by atoms with van der Waals surface area (Å²) < 4.78 is 26.6. The van der Waals surface area contributed by atoms with Gasteiger partial charge in [0.05, 0.1) is 23.9 Å². The van der Waals surface area contributed by atoms with E-state index in [1.54, 1.807) is 7.11 Å². The topological polar surface area (TPSA) is 59.0 Å². The van der Waals surface area contributed by atoms with Crippen LogP contribution in [-0.2, 0) is 14.3 Å². The highest BCUT2D eigenvalue weighted by molar-refractivity contribution is 6.30. The van der Waals surface area contributed by atoms with Crippen molar-refractivity contribution in [3.63, 3.8) is 0 Å². The number of hydrogen-bond donors (Lipinski definition) is 1. The molecule has 0 spiro atoms. The standard InChI is InChI=1S/C26H33ClFNO4/c1-16-10-19(12-20(27)11-16)17(2)29-8-6-26(32-3,7-9-29)15-33-24-14-23(28)22(25(30)31)13-21(24)18-4-5-18/h10-13,17-18,24H,4-9,14-15H2,1-3H3,(H,30,31). The number of carboxylic acids is 1. The third-order valence-corrected chi connectivity index (χ3v) is 7.62. The minimum Gasteiger partial charge on any atom is -0.478 e. The number of methoxy groups -OCH3 is 1. The van der Waals surface area contributed by atoms with Gasteiger partial charge in [0.2, 0.25) is 0 Å². The highest BCUT2D eigenvalue weighted by atomic mass is 35.5. The van der Waals surface area contributed by atoms with E-state index >= 15 is 0 Å². The first-order valence-corrected chi connectivity index (χ1v) is 12.1. The van der Waals surface area contributed by atoms with Crippen LogP contribution in [0.4, 0.5) is 4.39 Å². The Bertz CT molecular complexity index is 943. The molecule has 5 nitrogen and oxygen atoms in total. The molecule has 0 amide bonds. The maximum atomic E-state index is 14.4. The van der Waals surface area contributed by atoms with Gasteiger partial charge in [0, 0.05) is 37.7 Å². The van der Waals surface area contributed by atoms with E-state index in [0.29, 0.717) is 12.5 Å². The van der Waals surface area contributed by atoms with Crippen LogP contribution < -0.4 is 0 Å². The van der Waals surface area contributed by atoms with E-state index in [2.05, 4.69) is 24.8 Å². The predicted molar refractivity (Wildman–Crippen MR) is 126 cm³/mol. The third-order valence-electron chi connectivity index (χ3n) is 7.40. The molecule has 1 N–H and O–H groups in total. The number of rotatable bonds is 8. The van der Waals surface area contributed by atoms with E-state index in [9.17, 15) is 14.3 Å². The van der Waals surface area contributed by atoms with Crippen LogP contribution in [0.5, 0.6) is 0 Å². The molecular weight excluding hydrogens is 445 g/mol. The van der Waals surface area contributed by atoms with Crippen LogP contribution in [0.1, 0.15) is 56.2 Å². The van der Waals surface area contributed by atoms with E-state index < -0.39 is 23.5 Å². The smallest absolute Gasteiger partial charge is 0.338 e. The molecule has 180 valence electrons. The second-order valence-corrected chi connectivity index (χ2v) is 10.1. The van der Waals surface area contributed by atoms with Gasteiger partial charge in [-0.3, -0.25) is 4.90 Å². The van der Waals surface area contributed by atoms with E-state index in [4.69, 9.17) is 21.1 Å². The van der Waals surface area contributed by atoms with Crippen LogP contribution in [-0.4, -0.2) is 54.5 Å². The fraction of sp³-hybridized carbons (Fsp3) is 0.577. The SMILES string of the molecule is COC1(COC2CC(F)=C(C(=O)O)C=C2C2CC2)CCN(C(C)c2cc(C)cc(Cl)c2)CC1. The zero-order valence-electron chi connectivity index (χ0n) is 19.6. The maximum absolute atomic E-state index is 14.4. The normalized spacial score (nSPS) is 24.5. The van der Waals surface area contributed by atoms with Crippen molar-refractivity contribution in [2.75, 3.05) is 26.8 Å². The molecule has 33 heavy (non-hydrogen) atoms. The van der Waals surface area contributed by atoms with Crippen LogP contribution in [0.3, 0.4) is 0 Å². The molecule has 2 fully saturated rings. The summed E-state index contributed by atoms with van der Waals surface area (Å²) in [6.45, 7) is 6.34. The maximum Gasteiger partial charge on any atom is 0.338 e. The Morgan fingerprint density at radius 1 is 1.30 bits per heavy atom. The van der Waals surface area contributed by atoms with Crippen LogP contribution in [0.25, 0.3) is 0 Å². The Balaban J connectivity index is 1.38. The summed E-state index contributed by atoms with van der Waals surface area (Å²) in [6.07, 6.45) is 4.69. The minimum absolute atomic E-state index is 0.0129. The largest absolute Gasteiger partial charge is 0.478 e. The summed E-state index contributed by atoms with van der Waals surface area (Å²) in [5.41, 5.74) is 2.63. The Hall–Kier alpha value is -1.73. The monoisotopic (exact) mass is 477 g/mol. The van der Waals surface area contributed by atoms with Gasteiger partial charge in [-0.05, 0) is 80.4 Å². The Kier molecular flexibility index (Phi) is 7.29. The van der Waals surface area contributed by atoms with Crippen molar-refractivity contribution >= 4 is 17.6 Å². The van der Waals surface area contributed by atoms with Crippen LogP contribution >= 0.6 is 11.6 Å². The number of piperidine rings is 1. The number of hydrogen-bond acceptors (Lipinski definition) is 4. The highest BCUT2D eigenvalue weighted by Crippen LogP contribution is 2.44. The van der Waals surface area contributed by atoms with Gasteiger partial charge in [-0.2, -0.15) is 0 Å². The van der Waals surface area contributed by atoms with Gasteiger partial charge >= 0.3 is 5.97 Å². The number of nitrogens with zero attached hydrogens (tertiary/aromatic N) is 1. The lowest BCUT2D eigenvalue weighted by Crippen LogP contribution is -2.49. The first-order valence-electron chi connectivity index (χ1n) is 11.7. The summed E-state index contributed by atoms with van der Waals surface area (Å²) in [7, 11) is 1.71. The van der Waals surface area contributed by atoms with Crippen molar-refractivity contribution in [2.45, 2.75) is 63.7 Å². The van der Waals surface area contributed by atoms with Crippen LogP contribution in [0.15, 0.2) is 41.2 Å². The molecule has 1 saturated carbocycles. The van der Waals surface area contributed by atoms with E-state index in [-0.39, 0.29) is 18.0 Å². The molecule has 2 atom stereocenters. The molecule has 1 saturated heterocycles. The van der Waals surface area contributed by atoms with Crippen molar-refractivity contribution in [2.24, 2.45) is 5.92 Å². The number of aryl methyl sites for hydroxylation is 1. The molecule has 1 heterocycles. The van der Waals surface area contributed by atoms with Gasteiger partial charge in [-0.25, -0.2) is 9.18 Å². The second kappa shape index (κ2) is 9.87. The first kappa shape index (κ1) is 24.4. The summed E-state index contributed by atoms with van der Waals surface area (Å²) in [5.74, 6) is -1.52. The molecular formula is C26H33ClFNO4. The molecule has 7 heteroatoms. The lowest BCUT2D eigenvalue weighted by Gasteiger charge is -2.43. The number of carbonyl (C=O) groups is 1. The molecule has 0 radical (unpaired) electrons. The van der Waals surface area contributed by atoms with Gasteiger partial charge in [0.1, 0.15) is 5.83 Å². The molecule has 2 unspecified atom stereocenters. The Morgan fingerprint density at radius 2 is 2.00 bits per heavy atom. The first-order chi connectivity index (χ1) is 15.7. The van der Waals surface area contributed by atoms with Gasteiger partial charge < -0.3 is 14.6 Å². The number of carboxylic acid groups (broad SMARTS) is 1. The zero-order valence-corrected chi connectivity index (χ0v) is 20.3. The quantitative estimate of drug-likeness (QED) is 0.526. The van der Waals surface area contributed by atoms with E-state index in [1.807, 2.05) is 12.1 Å². The van der Waals surface area contributed by atoms with Crippen molar-refractivity contribution in [1.29, 1.82) is 0 Å². The number of halogens is 2. The highest BCUT2D eigenvalue weighted by Gasteiger charge is 2.40. The average Bonchev–Trinajstić information content (AvgIpc) is 3.62. The zero-order chi connectivity index (χ0) is 23.8. The average molecular weight is 478 g/mol. The summed E-state index contributed by atoms with van der Waals surface area (Å²) >= 11 is 6.27. The van der Waals surface area contributed by atoms with E-state index in [1.165, 1.54) is 11.6 Å². The summed E-state index contributed by atoms with van der Waals surface area (Å²) in [4.78, 5) is 13.8. The predicted octanol–water partition coefficient (Wildman–Crippen LogP) is 5.62. The molecule has 0 bridgehead atoms. The minimum atomic E-state index is -1.21. The van der Waals surface area contributed by atoms with E-state index in [0.717, 1.165) is 54.9 Å². The van der Waals surface area contributed by atoms with Crippen LogP contribution in [0, 0.1) is 12.8 Å². The van der Waals surface area contributed by atoms with Gasteiger partial charge in [0.25, 0.3) is 0 Å². The lowest BCUT2D eigenvalue weighted by molar-refractivity contribution is -0.132. The fourth-order valence-electron chi connectivity index (χ4n) is 5.05. The van der Waals surface area contributed by atoms with Crippen molar-refractivity contribution < 1.29 is 23.8 Å². The summed E-state index contributed by atoms with van der Waals surface area (Å²) in [5, 5.41) is 10.1. The summed E-state index contributed by atoms with van der Waals surface area (Å²) in [6, 6.07) is 6.42. The van der Waals surface area contributed by atoms with Gasteiger partial charge in [0.15, 0.2) is 0 Å². The van der Waals surface area contributed by atoms with Gasteiger partial charge in [-0.15, -0.1) is 0 Å². The molecule has 1 aliphatic heterocycles.